The van der Waals surface area contributed by atoms with E-state index in [1.807, 2.05) is 6.92 Å². The number of nitrogens with one attached hydrogen (secondary N) is 1. The second-order valence-electron chi connectivity index (χ2n) is 4.88. The molecule has 0 aliphatic rings. The van der Waals surface area contributed by atoms with Gasteiger partial charge in [0, 0.05) is 11.4 Å². The first-order valence-corrected chi connectivity index (χ1v) is 7.22. The van der Waals surface area contributed by atoms with Crippen LogP contribution in [-0.4, -0.2) is 17.1 Å². The predicted molar refractivity (Wildman–Crippen MR) is 81.4 cm³/mol. The SMILES string of the molecule is CCc1ccc(C(=O)NC(C)C(O)c2ccc(Cl)cc2)o1. The number of aryl methyl sites for hydroxylation is 1. The number of amides is 1. The zero-order chi connectivity index (χ0) is 15.4. The Morgan fingerprint density at radius 3 is 2.52 bits per heavy atom. The van der Waals surface area contributed by atoms with E-state index in [1.165, 1.54) is 0 Å². The van der Waals surface area contributed by atoms with Gasteiger partial charge < -0.3 is 14.8 Å². The first-order valence-electron chi connectivity index (χ1n) is 6.84. The highest BCUT2D eigenvalue weighted by atomic mass is 35.5. The number of halogens is 1. The van der Waals surface area contributed by atoms with Gasteiger partial charge in [-0.25, -0.2) is 0 Å². The van der Waals surface area contributed by atoms with Gasteiger partial charge in [-0.15, -0.1) is 0 Å². The Hall–Kier alpha value is -1.78. The van der Waals surface area contributed by atoms with Gasteiger partial charge in [-0.1, -0.05) is 30.7 Å². The number of furan rings is 1. The molecule has 1 aromatic heterocycles. The van der Waals surface area contributed by atoms with Crippen LogP contribution in [0.5, 0.6) is 0 Å². The molecule has 0 saturated carbocycles. The van der Waals surface area contributed by atoms with Gasteiger partial charge in [0.1, 0.15) is 5.76 Å². The molecule has 112 valence electrons. The van der Waals surface area contributed by atoms with Crippen molar-refractivity contribution in [1.29, 1.82) is 0 Å². The molecule has 2 rings (SSSR count). The minimum atomic E-state index is -0.813. The maximum absolute atomic E-state index is 12.0. The molecule has 4 nitrogen and oxygen atoms in total. The van der Waals surface area contributed by atoms with E-state index in [2.05, 4.69) is 5.32 Å². The van der Waals surface area contributed by atoms with Crippen molar-refractivity contribution in [3.8, 4) is 0 Å². The standard InChI is InChI=1S/C16H18ClNO3/c1-3-13-8-9-14(21-13)16(20)18-10(2)15(19)11-4-6-12(17)7-5-11/h4-10,15,19H,3H2,1-2H3,(H,18,20). The van der Waals surface area contributed by atoms with E-state index in [4.69, 9.17) is 16.0 Å². The monoisotopic (exact) mass is 307 g/mol. The van der Waals surface area contributed by atoms with Gasteiger partial charge in [-0.05, 0) is 36.8 Å². The topological polar surface area (TPSA) is 62.5 Å². The van der Waals surface area contributed by atoms with Crippen molar-refractivity contribution in [2.24, 2.45) is 0 Å². The Labute approximate surface area is 128 Å². The van der Waals surface area contributed by atoms with Crippen LogP contribution in [0.15, 0.2) is 40.8 Å². The average Bonchev–Trinajstić information content (AvgIpc) is 2.96. The number of aliphatic hydroxyl groups excluding tert-OH is 1. The van der Waals surface area contributed by atoms with Crippen LogP contribution in [0.25, 0.3) is 0 Å². The third-order valence-electron chi connectivity index (χ3n) is 3.28. The van der Waals surface area contributed by atoms with Crippen molar-refractivity contribution in [3.63, 3.8) is 0 Å². The summed E-state index contributed by atoms with van der Waals surface area (Å²) in [5.41, 5.74) is 0.695. The Kier molecular flexibility index (Phi) is 5.04. The molecule has 1 heterocycles. The molecule has 0 bridgehead atoms. The van der Waals surface area contributed by atoms with E-state index < -0.39 is 12.1 Å². The molecule has 2 aromatic rings. The van der Waals surface area contributed by atoms with Crippen molar-refractivity contribution >= 4 is 17.5 Å². The van der Waals surface area contributed by atoms with Crippen LogP contribution in [0.3, 0.4) is 0 Å². The zero-order valence-corrected chi connectivity index (χ0v) is 12.7. The maximum atomic E-state index is 12.0. The lowest BCUT2D eigenvalue weighted by atomic mass is 10.0. The second-order valence-corrected chi connectivity index (χ2v) is 5.31. The van der Waals surface area contributed by atoms with Gasteiger partial charge in [-0.2, -0.15) is 0 Å². The third kappa shape index (κ3) is 3.86. The van der Waals surface area contributed by atoms with Crippen molar-refractivity contribution in [2.45, 2.75) is 32.4 Å². The molecule has 0 aliphatic carbocycles. The summed E-state index contributed by atoms with van der Waals surface area (Å²) in [6.45, 7) is 3.69. The highest BCUT2D eigenvalue weighted by Gasteiger charge is 2.20. The first kappa shape index (κ1) is 15.6. The second kappa shape index (κ2) is 6.78. The van der Waals surface area contributed by atoms with E-state index in [-0.39, 0.29) is 11.7 Å². The number of carbonyl (C=O) groups excluding carboxylic acids is 1. The van der Waals surface area contributed by atoms with Crippen molar-refractivity contribution in [1.82, 2.24) is 5.32 Å². The number of carbonyl (C=O) groups is 1. The summed E-state index contributed by atoms with van der Waals surface area (Å²) >= 11 is 5.81. The molecule has 0 radical (unpaired) electrons. The normalized spacial score (nSPS) is 13.7. The van der Waals surface area contributed by atoms with Gasteiger partial charge in [-0.3, -0.25) is 4.79 Å². The molecule has 2 atom stereocenters. The molecular formula is C16H18ClNO3. The van der Waals surface area contributed by atoms with Gasteiger partial charge in [0.15, 0.2) is 5.76 Å². The summed E-state index contributed by atoms with van der Waals surface area (Å²) in [7, 11) is 0. The maximum Gasteiger partial charge on any atom is 0.287 e. The largest absolute Gasteiger partial charge is 0.456 e. The van der Waals surface area contributed by atoms with Crippen LogP contribution in [0, 0.1) is 0 Å². The molecule has 0 spiro atoms. The fourth-order valence-electron chi connectivity index (χ4n) is 2.00. The van der Waals surface area contributed by atoms with E-state index >= 15 is 0 Å². The van der Waals surface area contributed by atoms with E-state index in [0.29, 0.717) is 10.6 Å². The zero-order valence-electron chi connectivity index (χ0n) is 12.0. The molecule has 2 N–H and O–H groups in total. The van der Waals surface area contributed by atoms with Gasteiger partial charge in [0.2, 0.25) is 0 Å². The molecule has 1 aromatic carbocycles. The first-order chi connectivity index (χ1) is 10.0. The smallest absolute Gasteiger partial charge is 0.287 e. The summed E-state index contributed by atoms with van der Waals surface area (Å²) < 4.78 is 5.39. The number of hydrogen-bond donors (Lipinski definition) is 2. The summed E-state index contributed by atoms with van der Waals surface area (Å²) in [5, 5.41) is 13.6. The van der Waals surface area contributed by atoms with Crippen LogP contribution >= 0.6 is 11.6 Å². The van der Waals surface area contributed by atoms with Gasteiger partial charge in [0.25, 0.3) is 5.91 Å². The molecule has 1 amide bonds. The third-order valence-corrected chi connectivity index (χ3v) is 3.53. The minimum absolute atomic E-state index is 0.252. The Balaban J connectivity index is 2.01. The number of rotatable bonds is 5. The van der Waals surface area contributed by atoms with Crippen LogP contribution < -0.4 is 5.32 Å². The summed E-state index contributed by atoms with van der Waals surface area (Å²) in [5.74, 6) is 0.670. The molecule has 5 heteroatoms. The van der Waals surface area contributed by atoms with Crippen LogP contribution in [0.4, 0.5) is 0 Å². The molecular weight excluding hydrogens is 290 g/mol. The average molecular weight is 308 g/mol. The lowest BCUT2D eigenvalue weighted by Crippen LogP contribution is -2.36. The summed E-state index contributed by atoms with van der Waals surface area (Å²) in [6, 6.07) is 9.83. The quantitative estimate of drug-likeness (QED) is 0.890. The van der Waals surface area contributed by atoms with E-state index in [9.17, 15) is 9.90 Å². The number of benzene rings is 1. The highest BCUT2D eigenvalue weighted by molar-refractivity contribution is 6.30. The van der Waals surface area contributed by atoms with Crippen molar-refractivity contribution in [3.05, 3.63) is 58.5 Å². The molecule has 2 unspecified atom stereocenters. The Morgan fingerprint density at radius 2 is 1.95 bits per heavy atom. The summed E-state index contributed by atoms with van der Waals surface area (Å²) in [4.78, 5) is 12.0. The summed E-state index contributed by atoms with van der Waals surface area (Å²) in [6.07, 6.45) is -0.0808. The van der Waals surface area contributed by atoms with Crippen LogP contribution in [0.1, 0.15) is 41.8 Å². The molecule has 0 fully saturated rings. The number of hydrogen-bond acceptors (Lipinski definition) is 3. The lowest BCUT2D eigenvalue weighted by molar-refractivity contribution is 0.0824. The molecule has 0 saturated heterocycles. The fraction of sp³-hybridized carbons (Fsp3) is 0.312. The van der Waals surface area contributed by atoms with E-state index in [0.717, 1.165) is 12.2 Å². The minimum Gasteiger partial charge on any atom is -0.456 e. The Bertz CT molecular complexity index is 606. The van der Waals surface area contributed by atoms with Crippen LogP contribution in [0.2, 0.25) is 5.02 Å². The van der Waals surface area contributed by atoms with Gasteiger partial charge in [0.05, 0.1) is 12.1 Å². The van der Waals surface area contributed by atoms with E-state index in [1.54, 1.807) is 43.3 Å². The lowest BCUT2D eigenvalue weighted by Gasteiger charge is -2.20. The fourth-order valence-corrected chi connectivity index (χ4v) is 2.12. The van der Waals surface area contributed by atoms with Gasteiger partial charge >= 0.3 is 0 Å². The Morgan fingerprint density at radius 1 is 1.29 bits per heavy atom. The number of aliphatic hydroxyl groups is 1. The molecule has 21 heavy (non-hydrogen) atoms. The highest BCUT2D eigenvalue weighted by Crippen LogP contribution is 2.19. The van der Waals surface area contributed by atoms with Crippen LogP contribution in [-0.2, 0) is 6.42 Å². The van der Waals surface area contributed by atoms with Crippen molar-refractivity contribution in [2.75, 3.05) is 0 Å². The predicted octanol–water partition coefficient (Wildman–Crippen LogP) is 3.35. The van der Waals surface area contributed by atoms with Crippen molar-refractivity contribution < 1.29 is 14.3 Å². The molecule has 0 aliphatic heterocycles.